The molecule has 4 aliphatic rings. The summed E-state index contributed by atoms with van der Waals surface area (Å²) in [7, 11) is 0. The van der Waals surface area contributed by atoms with Gasteiger partial charge in [-0.05, 0) is 74.9 Å². The Labute approximate surface area is 242 Å². The zero-order valence-electron chi connectivity index (χ0n) is 23.3. The molecule has 13 heteroatoms. The lowest BCUT2D eigenvalue weighted by molar-refractivity contribution is -0.136. The van der Waals surface area contributed by atoms with Crippen LogP contribution < -0.4 is 26.2 Å². The first kappa shape index (κ1) is 27.8. The van der Waals surface area contributed by atoms with E-state index in [1.807, 2.05) is 6.07 Å². The lowest BCUT2D eigenvalue weighted by Crippen LogP contribution is -2.54. The molecule has 220 valence electrons. The van der Waals surface area contributed by atoms with Crippen LogP contribution in [0, 0.1) is 5.92 Å². The zero-order chi connectivity index (χ0) is 29.4. The minimum absolute atomic E-state index is 0.0985. The normalized spacial score (nSPS) is 22.0. The van der Waals surface area contributed by atoms with Crippen molar-refractivity contribution in [2.24, 2.45) is 11.7 Å². The van der Waals surface area contributed by atoms with E-state index in [0.717, 1.165) is 74.8 Å². The number of piperidine rings is 3. The number of hydrogen-bond donors (Lipinski definition) is 3. The van der Waals surface area contributed by atoms with E-state index in [1.165, 1.54) is 0 Å². The van der Waals surface area contributed by atoms with Gasteiger partial charge in [-0.1, -0.05) is 0 Å². The summed E-state index contributed by atoms with van der Waals surface area (Å²) in [5.41, 5.74) is 6.92. The van der Waals surface area contributed by atoms with E-state index in [2.05, 4.69) is 30.6 Å². The number of primary amides is 1. The highest BCUT2D eigenvalue weighted by Crippen LogP contribution is 2.32. The van der Waals surface area contributed by atoms with Crippen molar-refractivity contribution >= 4 is 41.0 Å². The quantitative estimate of drug-likeness (QED) is 0.395. The molecule has 3 saturated heterocycles. The van der Waals surface area contributed by atoms with E-state index in [-0.39, 0.29) is 24.4 Å². The highest BCUT2D eigenvalue weighted by atomic mass is 16.2. The molecular formula is C29H34N8O5. The maximum absolute atomic E-state index is 13.2. The third-order valence-corrected chi connectivity index (χ3v) is 8.82. The molecule has 6 rings (SSSR count). The van der Waals surface area contributed by atoms with E-state index < -0.39 is 29.7 Å². The van der Waals surface area contributed by atoms with Gasteiger partial charge in [-0.15, -0.1) is 10.2 Å². The number of hydrogen-bond acceptors (Lipinski definition) is 10. The van der Waals surface area contributed by atoms with Gasteiger partial charge in [0.05, 0.1) is 11.1 Å². The van der Waals surface area contributed by atoms with Crippen LogP contribution in [-0.4, -0.2) is 89.4 Å². The summed E-state index contributed by atoms with van der Waals surface area (Å²) in [4.78, 5) is 66.6. The number of aromatic nitrogens is 2. The van der Waals surface area contributed by atoms with Crippen molar-refractivity contribution in [2.45, 2.75) is 50.6 Å². The molecule has 1 unspecified atom stereocenters. The smallest absolute Gasteiger partial charge is 0.269 e. The van der Waals surface area contributed by atoms with Crippen LogP contribution in [0.5, 0.6) is 0 Å². The fraction of sp³-hybridized carbons (Fsp3) is 0.483. The fourth-order valence-corrected chi connectivity index (χ4v) is 6.32. The summed E-state index contributed by atoms with van der Waals surface area (Å²) in [5, 5.41) is 14.0. The Morgan fingerprint density at radius 3 is 2.26 bits per heavy atom. The Hall–Kier alpha value is -4.39. The van der Waals surface area contributed by atoms with Gasteiger partial charge in [-0.2, -0.15) is 0 Å². The molecule has 4 aliphatic heterocycles. The first-order chi connectivity index (χ1) is 20.3. The van der Waals surface area contributed by atoms with Crippen molar-refractivity contribution in [1.82, 2.24) is 25.7 Å². The predicted molar refractivity (Wildman–Crippen MR) is 152 cm³/mol. The van der Waals surface area contributed by atoms with Crippen LogP contribution >= 0.6 is 0 Å². The fourth-order valence-electron chi connectivity index (χ4n) is 6.32. The first-order valence-electron chi connectivity index (χ1n) is 14.5. The standard InChI is InChI=1S/C29H34N8O5/c30-26(39)22-3-5-24(34-33-22)36-13-9-18(10-14-36)31-16-17-7-11-35(12-8-17)19-1-2-20-21(15-19)29(42)37(28(20)41)23-4-6-25(38)32-27(23)40/h1-3,5,15,17-18,23,31H,4,6-14,16H2,(H2,30,39)(H,32,38,40). The second-order valence-corrected chi connectivity index (χ2v) is 11.4. The van der Waals surface area contributed by atoms with Gasteiger partial charge in [-0.3, -0.25) is 34.2 Å². The number of amides is 5. The molecule has 5 amide bonds. The van der Waals surface area contributed by atoms with Gasteiger partial charge < -0.3 is 20.9 Å². The topological polar surface area (TPSA) is 171 Å². The summed E-state index contributed by atoms with van der Waals surface area (Å²) >= 11 is 0. The SMILES string of the molecule is NC(=O)c1ccc(N2CCC(NCC3CCN(c4ccc5c(c4)C(=O)N(C4CCC(=O)NC4=O)C5=O)CC3)CC2)nn1. The van der Waals surface area contributed by atoms with Crippen LogP contribution in [0.3, 0.4) is 0 Å². The number of imide groups is 2. The second kappa shape index (κ2) is 11.5. The zero-order valence-corrected chi connectivity index (χ0v) is 23.3. The highest BCUT2D eigenvalue weighted by molar-refractivity contribution is 6.23. The highest BCUT2D eigenvalue weighted by Gasteiger charge is 2.44. The molecular weight excluding hydrogens is 540 g/mol. The van der Waals surface area contributed by atoms with E-state index in [9.17, 15) is 24.0 Å². The molecule has 42 heavy (non-hydrogen) atoms. The average molecular weight is 575 g/mol. The van der Waals surface area contributed by atoms with Crippen molar-refractivity contribution in [3.63, 3.8) is 0 Å². The summed E-state index contributed by atoms with van der Waals surface area (Å²) in [6.45, 7) is 4.37. The molecule has 0 saturated carbocycles. The van der Waals surface area contributed by atoms with Crippen LogP contribution in [0.1, 0.15) is 69.7 Å². The number of carbonyl (C=O) groups is 5. The van der Waals surface area contributed by atoms with Gasteiger partial charge in [0.25, 0.3) is 17.7 Å². The summed E-state index contributed by atoms with van der Waals surface area (Å²) < 4.78 is 0. The van der Waals surface area contributed by atoms with E-state index >= 15 is 0 Å². The third kappa shape index (κ3) is 5.43. The number of nitrogens with zero attached hydrogens (tertiary/aromatic N) is 5. The molecule has 2 aromatic rings. The Morgan fingerprint density at radius 2 is 1.60 bits per heavy atom. The molecule has 13 nitrogen and oxygen atoms in total. The Bertz CT molecular complexity index is 1410. The molecule has 3 fully saturated rings. The van der Waals surface area contributed by atoms with E-state index in [1.54, 1.807) is 24.3 Å². The van der Waals surface area contributed by atoms with E-state index in [0.29, 0.717) is 23.1 Å². The molecule has 0 aliphatic carbocycles. The van der Waals surface area contributed by atoms with Gasteiger partial charge in [-0.25, -0.2) is 0 Å². The Morgan fingerprint density at radius 1 is 0.881 bits per heavy atom. The van der Waals surface area contributed by atoms with Crippen LogP contribution in [-0.2, 0) is 9.59 Å². The lowest BCUT2D eigenvalue weighted by Gasteiger charge is -2.36. The summed E-state index contributed by atoms with van der Waals surface area (Å²) in [6, 6.07) is 8.18. The predicted octanol–water partition coefficient (Wildman–Crippen LogP) is 0.452. The van der Waals surface area contributed by atoms with E-state index in [4.69, 9.17) is 5.73 Å². The molecule has 0 radical (unpaired) electrons. The van der Waals surface area contributed by atoms with Crippen molar-refractivity contribution < 1.29 is 24.0 Å². The molecule has 0 bridgehead atoms. The lowest BCUT2D eigenvalue weighted by atomic mass is 9.95. The maximum atomic E-state index is 13.2. The van der Waals surface area contributed by atoms with Crippen molar-refractivity contribution in [3.8, 4) is 0 Å². The third-order valence-electron chi connectivity index (χ3n) is 8.82. The minimum atomic E-state index is -0.961. The average Bonchev–Trinajstić information content (AvgIpc) is 3.25. The number of anilines is 2. The molecule has 0 spiro atoms. The molecule has 1 aromatic carbocycles. The number of fused-ring (bicyclic) bond motifs is 1. The Kier molecular flexibility index (Phi) is 7.58. The van der Waals surface area contributed by atoms with Crippen LogP contribution in [0.4, 0.5) is 11.5 Å². The Balaban J connectivity index is 0.977. The number of nitrogens with two attached hydrogens (primary N) is 1. The van der Waals surface area contributed by atoms with Crippen LogP contribution in [0.25, 0.3) is 0 Å². The maximum Gasteiger partial charge on any atom is 0.269 e. The van der Waals surface area contributed by atoms with Gasteiger partial charge in [0.1, 0.15) is 6.04 Å². The molecule has 1 atom stereocenters. The molecule has 4 N–H and O–H groups in total. The van der Waals surface area contributed by atoms with Gasteiger partial charge in [0.2, 0.25) is 11.8 Å². The number of carbonyl (C=O) groups excluding carboxylic acids is 5. The van der Waals surface area contributed by atoms with Crippen LogP contribution in [0.15, 0.2) is 30.3 Å². The minimum Gasteiger partial charge on any atom is -0.371 e. The van der Waals surface area contributed by atoms with Gasteiger partial charge >= 0.3 is 0 Å². The number of nitrogens with one attached hydrogen (secondary N) is 2. The second-order valence-electron chi connectivity index (χ2n) is 11.4. The number of benzene rings is 1. The van der Waals surface area contributed by atoms with Gasteiger partial charge in [0, 0.05) is 44.3 Å². The largest absolute Gasteiger partial charge is 0.371 e. The van der Waals surface area contributed by atoms with Crippen molar-refractivity contribution in [1.29, 1.82) is 0 Å². The summed E-state index contributed by atoms with van der Waals surface area (Å²) in [6.07, 6.45) is 4.26. The first-order valence-corrected chi connectivity index (χ1v) is 14.5. The van der Waals surface area contributed by atoms with Gasteiger partial charge in [0.15, 0.2) is 11.5 Å². The molecule has 1 aromatic heterocycles. The van der Waals surface area contributed by atoms with Crippen molar-refractivity contribution in [3.05, 3.63) is 47.2 Å². The number of rotatable bonds is 7. The van der Waals surface area contributed by atoms with Crippen molar-refractivity contribution in [2.75, 3.05) is 42.5 Å². The molecule has 5 heterocycles. The van der Waals surface area contributed by atoms with Crippen LogP contribution in [0.2, 0.25) is 0 Å². The monoisotopic (exact) mass is 574 g/mol. The summed E-state index contributed by atoms with van der Waals surface area (Å²) in [5.74, 6) is -1.24.